The molecule has 5 rings (SSSR count). The lowest BCUT2D eigenvalue weighted by Crippen LogP contribution is -2.37. The van der Waals surface area contributed by atoms with Crippen molar-refractivity contribution in [3.05, 3.63) is 75.8 Å². The second-order valence-electron chi connectivity index (χ2n) is 7.02. The molecule has 0 bridgehead atoms. The molecule has 0 atom stereocenters. The number of aromatic amines is 1. The number of nitrogens with zero attached hydrogens (tertiary/aromatic N) is 3. The van der Waals surface area contributed by atoms with Gasteiger partial charge in [0.05, 0.1) is 21.8 Å². The summed E-state index contributed by atoms with van der Waals surface area (Å²) in [6.45, 7) is 2.45. The van der Waals surface area contributed by atoms with Crippen LogP contribution in [0.3, 0.4) is 0 Å². The fourth-order valence-electron chi connectivity index (χ4n) is 3.70. The van der Waals surface area contributed by atoms with Crippen molar-refractivity contribution in [1.29, 1.82) is 0 Å². The smallest absolute Gasteiger partial charge is 0.261 e. The van der Waals surface area contributed by atoms with Crippen molar-refractivity contribution in [2.75, 3.05) is 11.4 Å². The molecule has 1 aliphatic rings. The number of carbonyl (C=O) groups excluding carboxylic acids is 1. The molecule has 0 spiro atoms. The van der Waals surface area contributed by atoms with Gasteiger partial charge in [-0.15, -0.1) is 11.3 Å². The van der Waals surface area contributed by atoms with Crippen LogP contribution in [0.2, 0.25) is 5.02 Å². The number of aryl methyl sites for hydroxylation is 1. The third-order valence-corrected chi connectivity index (χ3v) is 6.45. The van der Waals surface area contributed by atoms with Crippen molar-refractivity contribution >= 4 is 34.7 Å². The largest absolute Gasteiger partial charge is 0.358 e. The van der Waals surface area contributed by atoms with Crippen molar-refractivity contribution in [3.8, 4) is 21.8 Å². The highest BCUT2D eigenvalue weighted by atomic mass is 35.5. The van der Waals surface area contributed by atoms with Crippen LogP contribution >= 0.6 is 22.9 Å². The average Bonchev–Trinajstić information content (AvgIpc) is 3.33. The quantitative estimate of drug-likeness (QED) is 0.459. The lowest BCUT2D eigenvalue weighted by Gasteiger charge is -2.25. The number of H-pyrrole nitrogens is 1. The van der Waals surface area contributed by atoms with Crippen LogP contribution in [0, 0.1) is 12.7 Å². The van der Waals surface area contributed by atoms with E-state index in [4.69, 9.17) is 16.6 Å². The first-order valence-electron chi connectivity index (χ1n) is 9.39. The molecule has 0 unspecified atom stereocenters. The molecule has 1 amide bonds. The minimum absolute atomic E-state index is 0.155. The Bertz CT molecular complexity index is 1250. The van der Waals surface area contributed by atoms with Gasteiger partial charge in [-0.1, -0.05) is 17.7 Å². The second kappa shape index (κ2) is 7.34. The normalized spacial score (nSPS) is 13.6. The zero-order valence-corrected chi connectivity index (χ0v) is 17.5. The lowest BCUT2D eigenvalue weighted by molar-refractivity contribution is 0.0980. The van der Waals surface area contributed by atoms with E-state index in [0.717, 1.165) is 21.1 Å². The third kappa shape index (κ3) is 3.11. The number of nitrogens with one attached hydrogen (secondary N) is 1. The SMILES string of the molecule is Cc1sc(-c2cccnc2)nc1N1CCc2[nH]c(-c3c(F)cccc3Cl)cc2C1=O. The van der Waals surface area contributed by atoms with Gasteiger partial charge in [-0.2, -0.15) is 0 Å². The maximum atomic E-state index is 14.3. The number of hydrogen-bond acceptors (Lipinski definition) is 4. The highest BCUT2D eigenvalue weighted by Gasteiger charge is 2.31. The summed E-state index contributed by atoms with van der Waals surface area (Å²) in [5.41, 5.74) is 3.00. The number of halogens is 2. The molecule has 3 aromatic heterocycles. The van der Waals surface area contributed by atoms with Gasteiger partial charge in [0, 0.05) is 41.5 Å². The lowest BCUT2D eigenvalue weighted by atomic mass is 10.1. The molecule has 0 fully saturated rings. The van der Waals surface area contributed by atoms with Gasteiger partial charge in [0.25, 0.3) is 5.91 Å². The van der Waals surface area contributed by atoms with E-state index >= 15 is 0 Å². The van der Waals surface area contributed by atoms with E-state index in [1.54, 1.807) is 35.5 Å². The third-order valence-electron chi connectivity index (χ3n) is 5.13. The molecule has 0 saturated carbocycles. The Labute approximate surface area is 181 Å². The van der Waals surface area contributed by atoms with E-state index in [2.05, 4.69) is 9.97 Å². The summed E-state index contributed by atoms with van der Waals surface area (Å²) < 4.78 is 14.3. The Kier molecular flexibility index (Phi) is 4.64. The highest BCUT2D eigenvalue weighted by Crippen LogP contribution is 2.36. The zero-order chi connectivity index (χ0) is 20.8. The molecule has 0 aliphatic carbocycles. The van der Waals surface area contributed by atoms with Crippen LogP contribution in [0.4, 0.5) is 10.2 Å². The topological polar surface area (TPSA) is 61.9 Å². The summed E-state index contributed by atoms with van der Waals surface area (Å²) in [6, 6.07) is 10.0. The van der Waals surface area contributed by atoms with Crippen LogP contribution in [0.1, 0.15) is 20.9 Å². The van der Waals surface area contributed by atoms with Crippen LogP contribution in [0.15, 0.2) is 48.8 Å². The van der Waals surface area contributed by atoms with Crippen LogP contribution in [0.25, 0.3) is 21.8 Å². The summed E-state index contributed by atoms with van der Waals surface area (Å²) in [5.74, 6) is 0.0698. The van der Waals surface area contributed by atoms with Gasteiger partial charge in [-0.25, -0.2) is 9.37 Å². The van der Waals surface area contributed by atoms with Gasteiger partial charge in [-0.3, -0.25) is 14.7 Å². The number of fused-ring (bicyclic) bond motifs is 1. The van der Waals surface area contributed by atoms with E-state index < -0.39 is 5.82 Å². The second-order valence-corrected chi connectivity index (χ2v) is 8.63. The van der Waals surface area contributed by atoms with Gasteiger partial charge in [0.15, 0.2) is 0 Å². The van der Waals surface area contributed by atoms with Gasteiger partial charge in [0.2, 0.25) is 0 Å². The number of rotatable bonds is 3. The summed E-state index contributed by atoms with van der Waals surface area (Å²) >= 11 is 7.73. The van der Waals surface area contributed by atoms with Crippen molar-refractivity contribution < 1.29 is 9.18 Å². The molecule has 150 valence electrons. The number of aromatic nitrogens is 3. The molecule has 4 aromatic rings. The summed E-state index contributed by atoms with van der Waals surface area (Å²) in [6.07, 6.45) is 4.09. The number of pyridine rings is 1. The van der Waals surface area contributed by atoms with Gasteiger partial charge >= 0.3 is 0 Å². The first kappa shape index (κ1) is 19.0. The minimum Gasteiger partial charge on any atom is -0.358 e. The van der Waals surface area contributed by atoms with Crippen molar-refractivity contribution in [1.82, 2.24) is 15.0 Å². The number of thiazole rings is 1. The van der Waals surface area contributed by atoms with E-state index in [-0.39, 0.29) is 11.5 Å². The van der Waals surface area contributed by atoms with E-state index in [1.807, 2.05) is 19.1 Å². The van der Waals surface area contributed by atoms with Gasteiger partial charge in [-0.05, 0) is 37.3 Å². The fourth-order valence-corrected chi connectivity index (χ4v) is 4.87. The average molecular weight is 439 g/mol. The number of anilines is 1. The predicted molar refractivity (Wildman–Crippen MR) is 117 cm³/mol. The Morgan fingerprint density at radius 1 is 1.27 bits per heavy atom. The Morgan fingerprint density at radius 3 is 2.90 bits per heavy atom. The number of hydrogen-bond donors (Lipinski definition) is 1. The number of benzene rings is 1. The maximum Gasteiger partial charge on any atom is 0.261 e. The van der Waals surface area contributed by atoms with Gasteiger partial charge < -0.3 is 4.98 Å². The van der Waals surface area contributed by atoms with Crippen LogP contribution < -0.4 is 4.90 Å². The molecule has 1 aromatic carbocycles. The summed E-state index contributed by atoms with van der Waals surface area (Å²) in [7, 11) is 0. The first-order valence-corrected chi connectivity index (χ1v) is 10.6. The first-order chi connectivity index (χ1) is 14.5. The number of amides is 1. The molecule has 1 N–H and O–H groups in total. The molecule has 4 heterocycles. The molecule has 5 nitrogen and oxygen atoms in total. The Balaban J connectivity index is 1.51. The fraction of sp³-hybridized carbons (Fsp3) is 0.136. The monoisotopic (exact) mass is 438 g/mol. The van der Waals surface area contributed by atoms with Crippen molar-refractivity contribution in [3.63, 3.8) is 0 Å². The molecule has 0 radical (unpaired) electrons. The van der Waals surface area contributed by atoms with Crippen molar-refractivity contribution in [2.45, 2.75) is 13.3 Å². The Morgan fingerprint density at radius 2 is 2.13 bits per heavy atom. The molecule has 8 heteroatoms. The van der Waals surface area contributed by atoms with Crippen LogP contribution in [-0.2, 0) is 6.42 Å². The molecule has 1 aliphatic heterocycles. The molecule has 30 heavy (non-hydrogen) atoms. The molecule has 0 saturated heterocycles. The summed E-state index contributed by atoms with van der Waals surface area (Å²) in [5, 5.41) is 1.12. The molecular formula is C22H16ClFN4OS. The van der Waals surface area contributed by atoms with Crippen molar-refractivity contribution in [2.24, 2.45) is 0 Å². The van der Waals surface area contributed by atoms with E-state index in [0.29, 0.717) is 35.1 Å². The van der Waals surface area contributed by atoms with E-state index in [9.17, 15) is 9.18 Å². The highest BCUT2D eigenvalue weighted by molar-refractivity contribution is 7.15. The zero-order valence-electron chi connectivity index (χ0n) is 15.9. The Hall–Kier alpha value is -3.03. The number of carbonyl (C=O) groups is 1. The predicted octanol–water partition coefficient (Wildman–Crippen LogP) is 5.50. The maximum absolute atomic E-state index is 14.3. The minimum atomic E-state index is -0.429. The van der Waals surface area contributed by atoms with E-state index in [1.165, 1.54) is 17.4 Å². The molecular weight excluding hydrogens is 423 g/mol. The standard InChI is InChI=1S/C22H16ClFN4OS/c1-12-20(27-21(30-12)13-4-3-8-25-11-13)28-9-7-17-14(22(28)29)10-18(26-17)19-15(23)5-2-6-16(19)24/h2-6,8,10-11,26H,7,9H2,1H3. The van der Waals surface area contributed by atoms with Crippen LogP contribution in [0.5, 0.6) is 0 Å². The van der Waals surface area contributed by atoms with Crippen LogP contribution in [-0.4, -0.2) is 27.4 Å². The summed E-state index contributed by atoms with van der Waals surface area (Å²) in [4.78, 5) is 27.9. The van der Waals surface area contributed by atoms with Gasteiger partial charge in [0.1, 0.15) is 16.6 Å².